The molecule has 3 rings (SSSR count). The van der Waals surface area contributed by atoms with Crippen LogP contribution in [0.4, 0.5) is 11.5 Å². The molecule has 1 unspecified atom stereocenters. The summed E-state index contributed by atoms with van der Waals surface area (Å²) in [5.41, 5.74) is 4.20. The molecular formula is C20H28N4O2. The van der Waals surface area contributed by atoms with Crippen LogP contribution in [0.5, 0.6) is 0 Å². The van der Waals surface area contributed by atoms with Crippen LogP contribution in [0.1, 0.15) is 49.9 Å². The number of carbonyl (C=O) groups excluding carboxylic acids is 1. The molecule has 0 radical (unpaired) electrons. The molecule has 0 fully saturated rings. The van der Waals surface area contributed by atoms with Gasteiger partial charge in [0.05, 0.1) is 12.3 Å². The number of hydrogen-bond acceptors (Lipinski definition) is 4. The Hall–Kier alpha value is -2.34. The third-order valence-electron chi connectivity index (χ3n) is 4.96. The lowest BCUT2D eigenvalue weighted by Gasteiger charge is -2.28. The summed E-state index contributed by atoms with van der Waals surface area (Å²) in [6.07, 6.45) is 0.424. The standard InChI is InChI=1S/C20H28N4O2/c1-20(2,3)18-17-15(12-16(26)21-19(17)24(5)22-18)13-6-8-14(9-7-13)23(4)10-11-25/h6-9,15,25H,10-12H2,1-5H3,(H,21,26). The number of aryl methyl sites for hydroxylation is 1. The van der Waals surface area contributed by atoms with Crippen molar-refractivity contribution in [1.82, 2.24) is 9.78 Å². The maximum atomic E-state index is 12.3. The molecule has 1 aromatic carbocycles. The van der Waals surface area contributed by atoms with Crippen molar-refractivity contribution < 1.29 is 9.90 Å². The number of aliphatic hydroxyl groups excluding tert-OH is 1. The van der Waals surface area contributed by atoms with Crippen molar-refractivity contribution >= 4 is 17.4 Å². The average Bonchev–Trinajstić information content (AvgIpc) is 2.92. The summed E-state index contributed by atoms with van der Waals surface area (Å²) in [6, 6.07) is 8.25. The van der Waals surface area contributed by atoms with Gasteiger partial charge in [0.25, 0.3) is 0 Å². The summed E-state index contributed by atoms with van der Waals surface area (Å²) in [5.74, 6) is 0.823. The molecule has 1 aromatic heterocycles. The van der Waals surface area contributed by atoms with E-state index in [9.17, 15) is 4.79 Å². The highest BCUT2D eigenvalue weighted by atomic mass is 16.3. The molecule has 6 heteroatoms. The first-order valence-electron chi connectivity index (χ1n) is 9.01. The molecule has 0 saturated carbocycles. The second-order valence-electron chi connectivity index (χ2n) is 8.03. The van der Waals surface area contributed by atoms with Gasteiger partial charge in [-0.1, -0.05) is 32.9 Å². The lowest BCUT2D eigenvalue weighted by atomic mass is 9.79. The zero-order chi connectivity index (χ0) is 19.1. The van der Waals surface area contributed by atoms with E-state index in [2.05, 4.69) is 38.2 Å². The van der Waals surface area contributed by atoms with E-state index in [4.69, 9.17) is 10.2 Å². The molecule has 1 aliphatic heterocycles. The summed E-state index contributed by atoms with van der Waals surface area (Å²) in [6.45, 7) is 7.16. The fourth-order valence-corrected chi connectivity index (χ4v) is 3.57. The first-order chi connectivity index (χ1) is 12.2. The fraction of sp³-hybridized carbons (Fsp3) is 0.500. The van der Waals surface area contributed by atoms with E-state index in [0.29, 0.717) is 13.0 Å². The van der Waals surface area contributed by atoms with Crippen molar-refractivity contribution in [3.63, 3.8) is 0 Å². The smallest absolute Gasteiger partial charge is 0.226 e. The summed E-state index contributed by atoms with van der Waals surface area (Å²) in [4.78, 5) is 14.3. The summed E-state index contributed by atoms with van der Waals surface area (Å²) >= 11 is 0. The van der Waals surface area contributed by atoms with E-state index in [1.54, 1.807) is 4.68 Å². The lowest BCUT2D eigenvalue weighted by Crippen LogP contribution is -2.26. The monoisotopic (exact) mass is 356 g/mol. The topological polar surface area (TPSA) is 70.4 Å². The number of hydrogen-bond donors (Lipinski definition) is 2. The lowest BCUT2D eigenvalue weighted by molar-refractivity contribution is -0.116. The van der Waals surface area contributed by atoms with E-state index in [0.717, 1.165) is 28.3 Å². The van der Waals surface area contributed by atoms with E-state index in [-0.39, 0.29) is 23.8 Å². The van der Waals surface area contributed by atoms with Crippen LogP contribution < -0.4 is 10.2 Å². The summed E-state index contributed by atoms with van der Waals surface area (Å²) in [7, 11) is 3.83. The van der Waals surface area contributed by atoms with Gasteiger partial charge in [-0.15, -0.1) is 0 Å². The van der Waals surface area contributed by atoms with Crippen LogP contribution in [0.3, 0.4) is 0 Å². The quantitative estimate of drug-likeness (QED) is 0.883. The van der Waals surface area contributed by atoms with Crippen LogP contribution in [-0.2, 0) is 17.3 Å². The minimum atomic E-state index is -0.104. The van der Waals surface area contributed by atoms with Crippen molar-refractivity contribution in [2.24, 2.45) is 7.05 Å². The highest BCUT2D eigenvalue weighted by Crippen LogP contribution is 2.42. The van der Waals surface area contributed by atoms with Gasteiger partial charge in [-0.05, 0) is 17.7 Å². The molecule has 2 aromatic rings. The van der Waals surface area contributed by atoms with E-state index < -0.39 is 0 Å². The van der Waals surface area contributed by atoms with Crippen LogP contribution in [0.2, 0.25) is 0 Å². The fourth-order valence-electron chi connectivity index (χ4n) is 3.57. The largest absolute Gasteiger partial charge is 0.395 e. The summed E-state index contributed by atoms with van der Waals surface area (Å²) < 4.78 is 1.78. The number of rotatable bonds is 4. The number of nitrogens with one attached hydrogen (secondary N) is 1. The molecule has 1 amide bonds. The Morgan fingerprint density at radius 1 is 1.31 bits per heavy atom. The number of likely N-dealkylation sites (N-methyl/N-ethyl adjacent to an activating group) is 1. The number of aromatic nitrogens is 2. The van der Waals surface area contributed by atoms with Crippen LogP contribution in [0, 0.1) is 0 Å². The third-order valence-corrected chi connectivity index (χ3v) is 4.96. The second kappa shape index (κ2) is 6.76. The SMILES string of the molecule is CN(CCO)c1ccc(C2CC(=O)Nc3c2c(C(C)(C)C)nn3C)cc1. The number of amides is 1. The Kier molecular flexibility index (Phi) is 4.80. The van der Waals surface area contributed by atoms with Gasteiger partial charge in [-0.25, -0.2) is 0 Å². The molecule has 1 aliphatic rings. The van der Waals surface area contributed by atoms with Crippen LogP contribution in [0.15, 0.2) is 24.3 Å². The Morgan fingerprint density at radius 3 is 2.54 bits per heavy atom. The maximum Gasteiger partial charge on any atom is 0.226 e. The number of fused-ring (bicyclic) bond motifs is 1. The average molecular weight is 356 g/mol. The Balaban J connectivity index is 2.03. The zero-order valence-electron chi connectivity index (χ0n) is 16.2. The molecular weight excluding hydrogens is 328 g/mol. The molecule has 0 bridgehead atoms. The summed E-state index contributed by atoms with van der Waals surface area (Å²) in [5, 5.41) is 16.8. The molecule has 0 spiro atoms. The van der Waals surface area contributed by atoms with Crippen LogP contribution in [0.25, 0.3) is 0 Å². The molecule has 2 heterocycles. The van der Waals surface area contributed by atoms with Crippen molar-refractivity contribution in [1.29, 1.82) is 0 Å². The Bertz CT molecular complexity index is 802. The predicted molar refractivity (Wildman–Crippen MR) is 104 cm³/mol. The van der Waals surface area contributed by atoms with Crippen molar-refractivity contribution in [3.05, 3.63) is 41.1 Å². The number of aliphatic hydroxyl groups is 1. The van der Waals surface area contributed by atoms with Gasteiger partial charge in [-0.2, -0.15) is 5.10 Å². The highest BCUT2D eigenvalue weighted by Gasteiger charge is 2.36. The van der Waals surface area contributed by atoms with Gasteiger partial charge in [0.1, 0.15) is 5.82 Å². The van der Waals surface area contributed by atoms with Gasteiger partial charge in [-0.3, -0.25) is 9.48 Å². The number of benzene rings is 1. The number of carbonyl (C=O) groups is 1. The van der Waals surface area contributed by atoms with Gasteiger partial charge in [0.15, 0.2) is 0 Å². The minimum absolute atomic E-state index is 0.00104. The normalized spacial score (nSPS) is 17.0. The zero-order valence-corrected chi connectivity index (χ0v) is 16.2. The van der Waals surface area contributed by atoms with E-state index in [1.165, 1.54) is 0 Å². The van der Waals surface area contributed by atoms with Crippen LogP contribution >= 0.6 is 0 Å². The van der Waals surface area contributed by atoms with E-state index in [1.807, 2.05) is 31.1 Å². The van der Waals surface area contributed by atoms with Crippen molar-refractivity contribution in [2.45, 2.75) is 38.5 Å². The second-order valence-corrected chi connectivity index (χ2v) is 8.03. The first-order valence-corrected chi connectivity index (χ1v) is 9.01. The van der Waals surface area contributed by atoms with Crippen LogP contribution in [-0.4, -0.2) is 41.0 Å². The maximum absolute atomic E-state index is 12.3. The molecule has 26 heavy (non-hydrogen) atoms. The number of nitrogens with zero attached hydrogens (tertiary/aromatic N) is 3. The van der Waals surface area contributed by atoms with Gasteiger partial charge in [0, 0.05) is 49.6 Å². The third kappa shape index (κ3) is 3.33. The van der Waals surface area contributed by atoms with Crippen molar-refractivity contribution in [3.8, 4) is 0 Å². The Labute approximate surface area is 154 Å². The minimum Gasteiger partial charge on any atom is -0.395 e. The molecule has 1 atom stereocenters. The van der Waals surface area contributed by atoms with E-state index >= 15 is 0 Å². The highest BCUT2D eigenvalue weighted by molar-refractivity contribution is 5.94. The first kappa shape index (κ1) is 18.5. The number of anilines is 2. The molecule has 2 N–H and O–H groups in total. The molecule has 6 nitrogen and oxygen atoms in total. The molecule has 0 saturated heterocycles. The van der Waals surface area contributed by atoms with Crippen molar-refractivity contribution in [2.75, 3.05) is 30.4 Å². The Morgan fingerprint density at radius 2 is 1.96 bits per heavy atom. The van der Waals surface area contributed by atoms with Gasteiger partial charge in [0.2, 0.25) is 5.91 Å². The molecule has 140 valence electrons. The predicted octanol–water partition coefficient (Wildman–Crippen LogP) is 2.62. The van der Waals surface area contributed by atoms with Gasteiger partial charge < -0.3 is 15.3 Å². The van der Waals surface area contributed by atoms with Gasteiger partial charge >= 0.3 is 0 Å². The molecule has 0 aliphatic carbocycles.